The van der Waals surface area contributed by atoms with Crippen LogP contribution in [-0.2, 0) is 17.6 Å². The van der Waals surface area contributed by atoms with Crippen LogP contribution in [0.15, 0.2) is 67.0 Å². The summed E-state index contributed by atoms with van der Waals surface area (Å²) >= 11 is 0. The number of aromatic nitrogens is 1. The maximum absolute atomic E-state index is 11.7. The average molecular weight is 314 g/mol. The van der Waals surface area contributed by atoms with E-state index in [-0.39, 0.29) is 5.91 Å². The number of anilines is 1. The number of fused-ring (bicyclic) bond motifs is 1. The Hall–Kier alpha value is -2.94. The molecular formula is C21H18N2O. The van der Waals surface area contributed by atoms with Crippen LogP contribution < -0.4 is 5.32 Å². The molecule has 0 radical (unpaired) electrons. The van der Waals surface area contributed by atoms with Crippen molar-refractivity contribution in [3.63, 3.8) is 0 Å². The molecule has 4 rings (SSSR count). The Morgan fingerprint density at radius 2 is 1.83 bits per heavy atom. The number of hydrogen-bond donors (Lipinski definition) is 1. The number of rotatable bonds is 3. The molecule has 118 valence electrons. The molecule has 0 spiro atoms. The molecule has 0 atom stereocenters. The van der Waals surface area contributed by atoms with Crippen LogP contribution in [0.2, 0.25) is 0 Å². The van der Waals surface area contributed by atoms with Crippen molar-refractivity contribution in [2.24, 2.45) is 0 Å². The van der Waals surface area contributed by atoms with Crippen LogP contribution in [0.1, 0.15) is 23.1 Å². The Morgan fingerprint density at radius 1 is 0.958 bits per heavy atom. The fraction of sp³-hybridized carbons (Fsp3) is 0.143. The van der Waals surface area contributed by atoms with E-state index in [4.69, 9.17) is 0 Å². The zero-order valence-corrected chi connectivity index (χ0v) is 13.3. The van der Waals surface area contributed by atoms with Crippen LogP contribution in [0.3, 0.4) is 0 Å². The Kier molecular flexibility index (Phi) is 3.83. The third-order valence-electron chi connectivity index (χ3n) is 4.50. The molecule has 2 heterocycles. The van der Waals surface area contributed by atoms with Gasteiger partial charge >= 0.3 is 0 Å². The summed E-state index contributed by atoms with van der Waals surface area (Å²) in [6.45, 7) is 0. The third-order valence-corrected chi connectivity index (χ3v) is 4.50. The topological polar surface area (TPSA) is 42.0 Å². The molecule has 0 bridgehead atoms. The summed E-state index contributed by atoms with van der Waals surface area (Å²) in [6, 6.07) is 18.6. The van der Waals surface area contributed by atoms with Gasteiger partial charge in [0.2, 0.25) is 5.91 Å². The van der Waals surface area contributed by atoms with Gasteiger partial charge in [-0.05, 0) is 47.2 Å². The largest absolute Gasteiger partial charge is 0.326 e. The molecule has 3 aromatic rings. The highest BCUT2D eigenvalue weighted by Crippen LogP contribution is 2.35. The lowest BCUT2D eigenvalue weighted by atomic mass is 9.87. The first-order valence-electron chi connectivity index (χ1n) is 8.20. The Balaban J connectivity index is 1.86. The molecule has 1 aliphatic heterocycles. The van der Waals surface area contributed by atoms with Gasteiger partial charge in [-0.1, -0.05) is 42.5 Å². The van der Waals surface area contributed by atoms with E-state index in [1.54, 1.807) is 6.20 Å². The molecule has 0 aliphatic carbocycles. The lowest BCUT2D eigenvalue weighted by Crippen LogP contribution is -2.20. The molecule has 3 nitrogen and oxygen atoms in total. The zero-order chi connectivity index (χ0) is 16.4. The molecule has 1 amide bonds. The van der Waals surface area contributed by atoms with Crippen molar-refractivity contribution in [2.75, 3.05) is 5.32 Å². The van der Waals surface area contributed by atoms with Crippen LogP contribution in [0.25, 0.3) is 11.1 Å². The maximum atomic E-state index is 11.7. The number of benzene rings is 2. The summed E-state index contributed by atoms with van der Waals surface area (Å²) in [5.41, 5.74) is 7.06. The molecule has 2 aromatic carbocycles. The number of nitrogens with one attached hydrogen (secondary N) is 1. The van der Waals surface area contributed by atoms with Crippen molar-refractivity contribution in [2.45, 2.75) is 19.3 Å². The predicted molar refractivity (Wildman–Crippen MR) is 95.9 cm³/mol. The van der Waals surface area contributed by atoms with Gasteiger partial charge in [0.1, 0.15) is 0 Å². The number of nitrogens with zero attached hydrogens (tertiary/aromatic N) is 1. The van der Waals surface area contributed by atoms with Gasteiger partial charge in [0.05, 0.1) is 0 Å². The lowest BCUT2D eigenvalue weighted by molar-refractivity contribution is -0.116. The fourth-order valence-electron chi connectivity index (χ4n) is 3.34. The maximum Gasteiger partial charge on any atom is 0.224 e. The van der Waals surface area contributed by atoms with E-state index >= 15 is 0 Å². The minimum Gasteiger partial charge on any atom is -0.326 e. The van der Waals surface area contributed by atoms with E-state index in [2.05, 4.69) is 46.7 Å². The molecule has 0 saturated carbocycles. The highest BCUT2D eigenvalue weighted by molar-refractivity contribution is 5.95. The van der Waals surface area contributed by atoms with Gasteiger partial charge in [0.15, 0.2) is 0 Å². The van der Waals surface area contributed by atoms with E-state index in [0.29, 0.717) is 6.42 Å². The van der Waals surface area contributed by atoms with Crippen molar-refractivity contribution >= 4 is 11.6 Å². The van der Waals surface area contributed by atoms with Gasteiger partial charge in [0.25, 0.3) is 0 Å². The van der Waals surface area contributed by atoms with Crippen molar-refractivity contribution in [1.29, 1.82) is 0 Å². The van der Waals surface area contributed by atoms with Gasteiger partial charge in [-0.15, -0.1) is 0 Å². The number of hydrogen-bond acceptors (Lipinski definition) is 2. The number of amides is 1. The monoisotopic (exact) mass is 314 g/mol. The highest BCUT2D eigenvalue weighted by Gasteiger charge is 2.20. The first kappa shape index (κ1) is 14.6. The Morgan fingerprint density at radius 3 is 2.62 bits per heavy atom. The SMILES string of the molecule is O=C1CCc2c(ccc(-c3cccnc3)c2Cc2ccccc2)N1. The molecule has 0 unspecified atom stereocenters. The Labute approximate surface area is 141 Å². The standard InChI is InChI=1S/C21H18N2O/c24-21-11-9-18-19(13-15-5-2-1-3-6-15)17(8-10-20(18)23-21)16-7-4-12-22-14-16/h1-8,10,12,14H,9,11,13H2,(H,23,24). The van der Waals surface area contributed by atoms with Gasteiger partial charge < -0.3 is 5.32 Å². The average Bonchev–Trinajstić information content (AvgIpc) is 2.63. The third kappa shape index (κ3) is 2.81. The summed E-state index contributed by atoms with van der Waals surface area (Å²) in [5, 5.41) is 3.01. The van der Waals surface area contributed by atoms with Crippen LogP contribution in [-0.4, -0.2) is 10.9 Å². The molecule has 1 aliphatic rings. The van der Waals surface area contributed by atoms with Gasteiger partial charge in [-0.25, -0.2) is 0 Å². The molecule has 0 fully saturated rings. The molecule has 1 N–H and O–H groups in total. The van der Waals surface area contributed by atoms with Crippen molar-refractivity contribution < 1.29 is 4.79 Å². The van der Waals surface area contributed by atoms with E-state index < -0.39 is 0 Å². The van der Waals surface area contributed by atoms with Gasteiger partial charge in [-0.3, -0.25) is 9.78 Å². The second-order valence-electron chi connectivity index (χ2n) is 6.07. The summed E-state index contributed by atoms with van der Waals surface area (Å²) in [6.07, 6.45) is 5.88. The van der Waals surface area contributed by atoms with Crippen LogP contribution in [0.5, 0.6) is 0 Å². The first-order chi connectivity index (χ1) is 11.8. The van der Waals surface area contributed by atoms with E-state index in [1.807, 2.05) is 24.4 Å². The van der Waals surface area contributed by atoms with Gasteiger partial charge in [-0.2, -0.15) is 0 Å². The summed E-state index contributed by atoms with van der Waals surface area (Å²) < 4.78 is 0. The molecule has 1 aromatic heterocycles. The van der Waals surface area contributed by atoms with Crippen LogP contribution in [0.4, 0.5) is 5.69 Å². The first-order valence-corrected chi connectivity index (χ1v) is 8.20. The second-order valence-corrected chi connectivity index (χ2v) is 6.07. The Bertz CT molecular complexity index is 873. The zero-order valence-electron chi connectivity index (χ0n) is 13.3. The number of carbonyl (C=O) groups is 1. The van der Waals surface area contributed by atoms with E-state index in [1.165, 1.54) is 22.3 Å². The lowest BCUT2D eigenvalue weighted by Gasteiger charge is -2.23. The molecule has 0 saturated heterocycles. The molecule has 24 heavy (non-hydrogen) atoms. The van der Waals surface area contributed by atoms with Crippen molar-refractivity contribution in [3.8, 4) is 11.1 Å². The minimum atomic E-state index is 0.0993. The van der Waals surface area contributed by atoms with Crippen LogP contribution in [0, 0.1) is 0 Å². The van der Waals surface area contributed by atoms with Crippen molar-refractivity contribution in [3.05, 3.63) is 83.7 Å². The van der Waals surface area contributed by atoms with E-state index in [9.17, 15) is 4.79 Å². The number of carbonyl (C=O) groups excluding carboxylic acids is 1. The fourth-order valence-corrected chi connectivity index (χ4v) is 3.34. The normalized spacial score (nSPS) is 13.2. The minimum absolute atomic E-state index is 0.0993. The smallest absolute Gasteiger partial charge is 0.224 e. The van der Waals surface area contributed by atoms with Crippen LogP contribution >= 0.6 is 0 Å². The van der Waals surface area contributed by atoms with Gasteiger partial charge in [0, 0.05) is 30.1 Å². The molecular weight excluding hydrogens is 296 g/mol. The number of pyridine rings is 1. The quantitative estimate of drug-likeness (QED) is 0.786. The van der Waals surface area contributed by atoms with E-state index in [0.717, 1.165) is 24.1 Å². The summed E-state index contributed by atoms with van der Waals surface area (Å²) in [5.74, 6) is 0.0993. The summed E-state index contributed by atoms with van der Waals surface area (Å²) in [4.78, 5) is 16.0. The second kappa shape index (κ2) is 6.28. The highest BCUT2D eigenvalue weighted by atomic mass is 16.1. The summed E-state index contributed by atoms with van der Waals surface area (Å²) in [7, 11) is 0. The predicted octanol–water partition coefficient (Wildman–Crippen LogP) is 4.22. The molecule has 3 heteroatoms. The van der Waals surface area contributed by atoms with Crippen molar-refractivity contribution in [1.82, 2.24) is 4.98 Å².